The average Bonchev–Trinajstić information content (AvgIpc) is 2.86. The van der Waals surface area contributed by atoms with Crippen LogP contribution in [0.2, 0.25) is 0 Å². The van der Waals surface area contributed by atoms with Crippen molar-refractivity contribution in [3.8, 4) is 5.75 Å². The van der Waals surface area contributed by atoms with Crippen LogP contribution in [0.4, 0.5) is 4.39 Å². The standard InChI is InChI=1S/C13H16FN3O2/c1-3-12-16-11(17-19-12)8-18-13-9(7-15-2)5-4-6-10(13)14/h4-6,15H,3,7-8H2,1-2H3. The number of hydrogen-bond acceptors (Lipinski definition) is 5. The van der Waals surface area contributed by atoms with E-state index in [-0.39, 0.29) is 12.4 Å². The highest BCUT2D eigenvalue weighted by atomic mass is 19.1. The van der Waals surface area contributed by atoms with Crippen molar-refractivity contribution in [1.82, 2.24) is 15.5 Å². The normalized spacial score (nSPS) is 10.7. The maximum atomic E-state index is 13.7. The van der Waals surface area contributed by atoms with E-state index in [0.717, 1.165) is 5.56 Å². The van der Waals surface area contributed by atoms with Crippen LogP contribution in [0.25, 0.3) is 0 Å². The van der Waals surface area contributed by atoms with E-state index < -0.39 is 5.82 Å². The van der Waals surface area contributed by atoms with Crippen molar-refractivity contribution in [2.24, 2.45) is 0 Å². The van der Waals surface area contributed by atoms with E-state index in [2.05, 4.69) is 15.5 Å². The van der Waals surface area contributed by atoms with Crippen LogP contribution in [0.5, 0.6) is 5.75 Å². The highest BCUT2D eigenvalue weighted by Crippen LogP contribution is 2.23. The van der Waals surface area contributed by atoms with Crippen LogP contribution in [0.1, 0.15) is 24.2 Å². The fourth-order valence-electron chi connectivity index (χ4n) is 1.67. The van der Waals surface area contributed by atoms with Crippen LogP contribution in [0.3, 0.4) is 0 Å². The predicted octanol–water partition coefficient (Wildman–Crippen LogP) is 2.07. The van der Waals surface area contributed by atoms with E-state index in [1.165, 1.54) is 6.07 Å². The molecule has 0 aliphatic carbocycles. The molecule has 2 rings (SSSR count). The van der Waals surface area contributed by atoms with Crippen LogP contribution in [0, 0.1) is 5.82 Å². The molecule has 0 saturated carbocycles. The Balaban J connectivity index is 2.09. The lowest BCUT2D eigenvalue weighted by Gasteiger charge is -2.10. The van der Waals surface area contributed by atoms with Gasteiger partial charge in [0.1, 0.15) is 0 Å². The first kappa shape index (κ1) is 13.5. The lowest BCUT2D eigenvalue weighted by Crippen LogP contribution is -2.09. The molecule has 19 heavy (non-hydrogen) atoms. The van der Waals surface area contributed by atoms with Gasteiger partial charge in [-0.1, -0.05) is 24.2 Å². The fraction of sp³-hybridized carbons (Fsp3) is 0.385. The van der Waals surface area contributed by atoms with E-state index in [9.17, 15) is 4.39 Å². The molecule has 0 bridgehead atoms. The van der Waals surface area contributed by atoms with E-state index in [0.29, 0.717) is 24.7 Å². The zero-order valence-corrected chi connectivity index (χ0v) is 10.9. The Morgan fingerprint density at radius 3 is 2.95 bits per heavy atom. The third-order valence-corrected chi connectivity index (χ3v) is 2.57. The molecule has 1 heterocycles. The van der Waals surface area contributed by atoms with Crippen molar-refractivity contribution in [1.29, 1.82) is 0 Å². The summed E-state index contributed by atoms with van der Waals surface area (Å²) in [6.07, 6.45) is 0.664. The molecule has 0 atom stereocenters. The summed E-state index contributed by atoms with van der Waals surface area (Å²) in [5.41, 5.74) is 0.752. The van der Waals surface area contributed by atoms with Gasteiger partial charge in [-0.3, -0.25) is 0 Å². The number of nitrogens with one attached hydrogen (secondary N) is 1. The van der Waals surface area contributed by atoms with Crippen LogP contribution in [-0.2, 0) is 19.6 Å². The molecule has 102 valence electrons. The molecule has 0 aliphatic rings. The van der Waals surface area contributed by atoms with Crippen molar-refractivity contribution >= 4 is 0 Å². The Labute approximate surface area is 110 Å². The topological polar surface area (TPSA) is 60.2 Å². The Hall–Kier alpha value is -1.95. The van der Waals surface area contributed by atoms with Gasteiger partial charge < -0.3 is 14.6 Å². The van der Waals surface area contributed by atoms with Gasteiger partial charge in [0.25, 0.3) is 0 Å². The van der Waals surface area contributed by atoms with Crippen LogP contribution < -0.4 is 10.1 Å². The summed E-state index contributed by atoms with van der Waals surface area (Å²) in [4.78, 5) is 4.11. The van der Waals surface area contributed by atoms with Crippen LogP contribution in [0.15, 0.2) is 22.7 Å². The second-order valence-corrected chi connectivity index (χ2v) is 4.00. The molecular formula is C13H16FN3O2. The Morgan fingerprint density at radius 1 is 1.42 bits per heavy atom. The maximum Gasteiger partial charge on any atom is 0.226 e. The minimum absolute atomic E-state index is 0.0845. The number of hydrogen-bond donors (Lipinski definition) is 1. The summed E-state index contributed by atoms with van der Waals surface area (Å²) in [6.45, 7) is 2.53. The number of nitrogens with zero attached hydrogens (tertiary/aromatic N) is 2. The summed E-state index contributed by atoms with van der Waals surface area (Å²) in [5.74, 6) is 0.782. The summed E-state index contributed by atoms with van der Waals surface area (Å²) < 4.78 is 24.2. The Bertz CT molecular complexity index is 542. The molecule has 6 heteroatoms. The smallest absolute Gasteiger partial charge is 0.226 e. The molecule has 1 aromatic carbocycles. The summed E-state index contributed by atoms with van der Waals surface area (Å²) in [5, 5.41) is 6.72. The number of halogens is 1. The van der Waals surface area contributed by atoms with Gasteiger partial charge in [-0.15, -0.1) is 0 Å². The maximum absolute atomic E-state index is 13.7. The number of para-hydroxylation sites is 1. The van der Waals surface area contributed by atoms with E-state index in [1.54, 1.807) is 13.1 Å². The van der Waals surface area contributed by atoms with Crippen LogP contribution in [-0.4, -0.2) is 17.2 Å². The van der Waals surface area contributed by atoms with Gasteiger partial charge in [0.05, 0.1) is 0 Å². The van der Waals surface area contributed by atoms with E-state index in [1.807, 2.05) is 13.0 Å². The average molecular weight is 265 g/mol. The third kappa shape index (κ3) is 3.29. The van der Waals surface area contributed by atoms with Crippen molar-refractivity contribution in [2.45, 2.75) is 26.5 Å². The number of ether oxygens (including phenoxy) is 1. The lowest BCUT2D eigenvalue weighted by molar-refractivity contribution is 0.269. The minimum atomic E-state index is -0.396. The van der Waals surface area contributed by atoms with Gasteiger partial charge in [0.15, 0.2) is 18.2 Å². The number of rotatable bonds is 6. The van der Waals surface area contributed by atoms with Crippen molar-refractivity contribution < 1.29 is 13.7 Å². The summed E-state index contributed by atoms with van der Waals surface area (Å²) in [7, 11) is 1.79. The lowest BCUT2D eigenvalue weighted by atomic mass is 10.2. The monoisotopic (exact) mass is 265 g/mol. The SMILES string of the molecule is CCc1nc(COc2c(F)cccc2CNC)no1. The first-order chi connectivity index (χ1) is 9.24. The first-order valence-corrected chi connectivity index (χ1v) is 6.10. The molecule has 1 N–H and O–H groups in total. The van der Waals surface area contributed by atoms with Gasteiger partial charge in [-0.2, -0.15) is 4.98 Å². The summed E-state index contributed by atoms with van der Waals surface area (Å²) >= 11 is 0. The molecule has 0 radical (unpaired) electrons. The highest BCUT2D eigenvalue weighted by molar-refractivity contribution is 5.34. The van der Waals surface area contributed by atoms with Crippen LogP contribution >= 0.6 is 0 Å². The predicted molar refractivity (Wildman–Crippen MR) is 67.2 cm³/mol. The third-order valence-electron chi connectivity index (χ3n) is 2.57. The zero-order chi connectivity index (χ0) is 13.7. The van der Waals surface area contributed by atoms with Crippen molar-refractivity contribution in [2.75, 3.05) is 7.05 Å². The number of aryl methyl sites for hydroxylation is 1. The second-order valence-electron chi connectivity index (χ2n) is 4.00. The molecule has 0 unspecified atom stereocenters. The fourth-order valence-corrected chi connectivity index (χ4v) is 1.67. The van der Waals surface area contributed by atoms with Gasteiger partial charge in [-0.25, -0.2) is 4.39 Å². The molecule has 5 nitrogen and oxygen atoms in total. The molecule has 0 saturated heterocycles. The Kier molecular flexibility index (Phi) is 4.46. The molecular weight excluding hydrogens is 249 g/mol. The van der Waals surface area contributed by atoms with E-state index >= 15 is 0 Å². The van der Waals surface area contributed by atoms with Gasteiger partial charge in [-0.05, 0) is 13.1 Å². The molecule has 1 aromatic heterocycles. The first-order valence-electron chi connectivity index (χ1n) is 6.10. The Morgan fingerprint density at radius 2 is 2.26 bits per heavy atom. The van der Waals surface area contributed by atoms with Gasteiger partial charge >= 0.3 is 0 Å². The molecule has 0 aliphatic heterocycles. The van der Waals surface area contributed by atoms with E-state index in [4.69, 9.17) is 9.26 Å². The molecule has 0 fully saturated rings. The zero-order valence-electron chi connectivity index (χ0n) is 10.9. The molecule has 2 aromatic rings. The number of benzene rings is 1. The largest absolute Gasteiger partial charge is 0.482 e. The highest BCUT2D eigenvalue weighted by Gasteiger charge is 2.11. The van der Waals surface area contributed by atoms with Gasteiger partial charge in [0.2, 0.25) is 11.7 Å². The van der Waals surface area contributed by atoms with Gasteiger partial charge in [0, 0.05) is 18.5 Å². The number of aromatic nitrogens is 2. The summed E-state index contributed by atoms with van der Waals surface area (Å²) in [6, 6.07) is 4.82. The molecule has 0 amide bonds. The second kappa shape index (κ2) is 6.29. The quantitative estimate of drug-likeness (QED) is 0.866. The van der Waals surface area contributed by atoms with Crippen molar-refractivity contribution in [3.05, 3.63) is 41.3 Å². The minimum Gasteiger partial charge on any atom is -0.482 e. The van der Waals surface area contributed by atoms with Crippen molar-refractivity contribution in [3.63, 3.8) is 0 Å². The molecule has 0 spiro atoms.